The topological polar surface area (TPSA) is 61.9 Å². The molecule has 0 bridgehead atoms. The summed E-state index contributed by atoms with van der Waals surface area (Å²) in [5.41, 5.74) is -1.52. The van der Waals surface area contributed by atoms with Gasteiger partial charge in [0.05, 0.1) is 22.9 Å². The summed E-state index contributed by atoms with van der Waals surface area (Å²) in [5.74, 6) is 0.872. The highest BCUT2D eigenvalue weighted by Gasteiger charge is 2.43. The van der Waals surface area contributed by atoms with Crippen LogP contribution in [0, 0.1) is 5.41 Å². The van der Waals surface area contributed by atoms with Crippen LogP contribution < -0.4 is 10.1 Å². The number of carbonyl (C=O) groups excluding carboxylic acids is 2. The lowest BCUT2D eigenvalue weighted by Gasteiger charge is -2.39. The number of hydrogen-bond acceptors (Lipinski definition) is 3. The van der Waals surface area contributed by atoms with Crippen LogP contribution in [0.4, 0.5) is 23.7 Å². The molecule has 36 heavy (non-hydrogen) atoms. The number of para-hydroxylation sites is 2. The van der Waals surface area contributed by atoms with E-state index >= 15 is 0 Å². The lowest BCUT2D eigenvalue weighted by Crippen LogP contribution is -2.45. The van der Waals surface area contributed by atoms with Crippen molar-refractivity contribution < 1.29 is 27.5 Å². The first kappa shape index (κ1) is 26.1. The monoisotopic (exact) mass is 523 g/mol. The highest BCUT2D eigenvalue weighted by molar-refractivity contribution is 6.33. The molecular formula is C26H29ClF3N3O3. The number of hydrogen-bond donors (Lipinski definition) is 1. The molecule has 0 unspecified atom stereocenters. The summed E-state index contributed by atoms with van der Waals surface area (Å²) in [4.78, 5) is 28.8. The van der Waals surface area contributed by atoms with Crippen molar-refractivity contribution in [2.45, 2.75) is 38.3 Å². The van der Waals surface area contributed by atoms with Crippen LogP contribution in [0.25, 0.3) is 0 Å². The number of carbonyl (C=O) groups is 2. The van der Waals surface area contributed by atoms with E-state index < -0.39 is 23.5 Å². The molecule has 1 N–H and O–H groups in total. The largest absolute Gasteiger partial charge is 0.494 e. The Morgan fingerprint density at radius 1 is 0.972 bits per heavy atom. The fraction of sp³-hybridized carbons (Fsp3) is 0.462. The van der Waals surface area contributed by atoms with Gasteiger partial charge < -0.3 is 19.9 Å². The predicted octanol–water partition coefficient (Wildman–Crippen LogP) is 6.06. The van der Waals surface area contributed by atoms with Crippen LogP contribution in [-0.2, 0) is 11.0 Å². The number of halogens is 4. The average molecular weight is 524 g/mol. The number of piperidine rings is 1. The maximum Gasteiger partial charge on any atom is 0.418 e. The van der Waals surface area contributed by atoms with Crippen LogP contribution in [0.1, 0.15) is 37.7 Å². The number of ether oxygens (including phenoxy) is 1. The maximum atomic E-state index is 13.4. The molecule has 0 saturated carbocycles. The highest BCUT2D eigenvalue weighted by atomic mass is 35.5. The molecule has 2 fully saturated rings. The van der Waals surface area contributed by atoms with Crippen LogP contribution in [0.3, 0.4) is 0 Å². The van der Waals surface area contributed by atoms with Crippen molar-refractivity contribution in [2.75, 3.05) is 38.1 Å². The van der Waals surface area contributed by atoms with Gasteiger partial charge in [-0.3, -0.25) is 4.79 Å². The van der Waals surface area contributed by atoms with Gasteiger partial charge in [-0.25, -0.2) is 4.79 Å². The molecular weight excluding hydrogens is 495 g/mol. The van der Waals surface area contributed by atoms with Crippen LogP contribution in [0.2, 0.25) is 5.02 Å². The summed E-state index contributed by atoms with van der Waals surface area (Å²) in [7, 11) is 0. The molecule has 4 rings (SSSR count). The average Bonchev–Trinajstić information content (AvgIpc) is 3.27. The number of nitrogens with one attached hydrogen (secondary N) is 1. The van der Waals surface area contributed by atoms with Crippen molar-refractivity contribution in [3.05, 3.63) is 59.1 Å². The fourth-order valence-electron chi connectivity index (χ4n) is 4.91. The summed E-state index contributed by atoms with van der Waals surface area (Å²) < 4.78 is 45.7. The molecule has 2 aliphatic heterocycles. The van der Waals surface area contributed by atoms with E-state index in [1.54, 1.807) is 4.90 Å². The number of nitrogens with zero attached hydrogens (tertiary/aromatic N) is 2. The SMILES string of the molecule is O=C(CCCOc1ccccc1)N1CCC2(CC1)CCN(C(=O)Nc1c(Cl)cccc1C(F)(F)F)C2. The highest BCUT2D eigenvalue weighted by Crippen LogP contribution is 2.42. The summed E-state index contributed by atoms with van der Waals surface area (Å²) >= 11 is 5.97. The third-order valence-electron chi connectivity index (χ3n) is 7.00. The van der Waals surface area contributed by atoms with E-state index in [0.29, 0.717) is 45.6 Å². The van der Waals surface area contributed by atoms with Gasteiger partial charge in [-0.2, -0.15) is 13.2 Å². The lowest BCUT2D eigenvalue weighted by atomic mass is 9.77. The van der Waals surface area contributed by atoms with Crippen molar-refractivity contribution in [2.24, 2.45) is 5.41 Å². The minimum Gasteiger partial charge on any atom is -0.494 e. The van der Waals surface area contributed by atoms with Crippen molar-refractivity contribution >= 4 is 29.2 Å². The van der Waals surface area contributed by atoms with Gasteiger partial charge in [-0.1, -0.05) is 35.9 Å². The first-order chi connectivity index (χ1) is 17.2. The van der Waals surface area contributed by atoms with E-state index in [-0.39, 0.29) is 16.3 Å². The zero-order valence-electron chi connectivity index (χ0n) is 19.8. The van der Waals surface area contributed by atoms with E-state index in [4.69, 9.17) is 16.3 Å². The second kappa shape index (κ2) is 11.0. The Morgan fingerprint density at radius 2 is 1.64 bits per heavy atom. The molecule has 1 spiro atoms. The fourth-order valence-corrected chi connectivity index (χ4v) is 5.13. The van der Waals surface area contributed by atoms with Crippen LogP contribution in [0.5, 0.6) is 5.75 Å². The Kier molecular flexibility index (Phi) is 7.97. The maximum absolute atomic E-state index is 13.4. The third kappa shape index (κ3) is 6.24. The molecule has 0 aliphatic carbocycles. The molecule has 0 radical (unpaired) electrons. The van der Waals surface area contributed by atoms with Crippen LogP contribution in [0.15, 0.2) is 48.5 Å². The van der Waals surface area contributed by atoms with Gasteiger partial charge in [0.1, 0.15) is 5.75 Å². The zero-order chi connectivity index (χ0) is 25.8. The first-order valence-corrected chi connectivity index (χ1v) is 12.4. The van der Waals surface area contributed by atoms with Crippen molar-refractivity contribution in [1.82, 2.24) is 9.80 Å². The Bertz CT molecular complexity index is 1070. The molecule has 2 saturated heterocycles. The molecule has 10 heteroatoms. The Balaban J connectivity index is 1.24. The smallest absolute Gasteiger partial charge is 0.418 e. The summed E-state index contributed by atoms with van der Waals surface area (Å²) in [5, 5.41) is 2.22. The van der Waals surface area contributed by atoms with Gasteiger partial charge >= 0.3 is 12.2 Å². The van der Waals surface area contributed by atoms with E-state index in [1.165, 1.54) is 12.1 Å². The number of amides is 3. The van der Waals surface area contributed by atoms with E-state index in [1.807, 2.05) is 35.2 Å². The number of rotatable bonds is 6. The van der Waals surface area contributed by atoms with E-state index in [2.05, 4.69) is 5.32 Å². The lowest BCUT2D eigenvalue weighted by molar-refractivity contribution is -0.137. The minimum atomic E-state index is -4.63. The Hall–Kier alpha value is -2.94. The van der Waals surface area contributed by atoms with Crippen molar-refractivity contribution in [3.63, 3.8) is 0 Å². The van der Waals surface area contributed by atoms with Crippen LogP contribution >= 0.6 is 11.6 Å². The van der Waals surface area contributed by atoms with Gasteiger partial charge in [-0.15, -0.1) is 0 Å². The Morgan fingerprint density at radius 3 is 2.31 bits per heavy atom. The predicted molar refractivity (Wildman–Crippen MR) is 131 cm³/mol. The van der Waals surface area contributed by atoms with Crippen molar-refractivity contribution in [3.8, 4) is 5.75 Å². The second-order valence-electron chi connectivity index (χ2n) is 9.41. The number of alkyl halides is 3. The second-order valence-corrected chi connectivity index (χ2v) is 9.81. The molecule has 3 amide bonds. The van der Waals surface area contributed by atoms with Gasteiger partial charge in [0.15, 0.2) is 0 Å². The quantitative estimate of drug-likeness (QED) is 0.468. The zero-order valence-corrected chi connectivity index (χ0v) is 20.6. The number of benzene rings is 2. The van der Waals surface area contributed by atoms with Gasteiger partial charge in [0.25, 0.3) is 0 Å². The Labute approximate surface area is 213 Å². The third-order valence-corrected chi connectivity index (χ3v) is 7.32. The molecule has 2 heterocycles. The van der Waals surface area contributed by atoms with E-state index in [0.717, 1.165) is 31.1 Å². The number of likely N-dealkylation sites (tertiary alicyclic amines) is 2. The number of urea groups is 1. The number of anilines is 1. The molecule has 2 aliphatic rings. The molecule has 2 aromatic rings. The first-order valence-electron chi connectivity index (χ1n) is 12.0. The van der Waals surface area contributed by atoms with E-state index in [9.17, 15) is 22.8 Å². The molecule has 6 nitrogen and oxygen atoms in total. The normalized spacial score (nSPS) is 17.3. The molecule has 194 valence electrons. The molecule has 0 atom stereocenters. The summed E-state index contributed by atoms with van der Waals surface area (Å²) in [6.45, 7) is 2.58. The summed E-state index contributed by atoms with van der Waals surface area (Å²) in [6, 6.07) is 12.3. The molecule has 0 aromatic heterocycles. The van der Waals surface area contributed by atoms with Gasteiger partial charge in [-0.05, 0) is 55.4 Å². The molecule has 2 aromatic carbocycles. The summed E-state index contributed by atoms with van der Waals surface area (Å²) in [6.07, 6.45) is -1.33. The van der Waals surface area contributed by atoms with Crippen molar-refractivity contribution in [1.29, 1.82) is 0 Å². The standard InChI is InChI=1S/C26H29ClF3N3O3/c27-21-9-4-8-20(26(28,29)30)23(21)31-24(35)33-16-13-25(18-33)11-14-32(15-12-25)22(34)10-5-17-36-19-6-2-1-3-7-19/h1-4,6-9H,5,10-18H2,(H,31,35). The minimum absolute atomic E-state index is 0.0903. The van der Waals surface area contributed by atoms with Gasteiger partial charge in [0.2, 0.25) is 5.91 Å². The van der Waals surface area contributed by atoms with Crippen LogP contribution in [-0.4, -0.2) is 54.5 Å². The van der Waals surface area contributed by atoms with Gasteiger partial charge in [0, 0.05) is 32.6 Å².